The monoisotopic (exact) mass is 309 g/mol. The highest BCUT2D eigenvalue weighted by molar-refractivity contribution is 9.10. The predicted molar refractivity (Wildman–Crippen MR) is 81.7 cm³/mol. The maximum absolute atomic E-state index is 3.75. The van der Waals surface area contributed by atoms with E-state index in [-0.39, 0.29) is 0 Å². The van der Waals surface area contributed by atoms with Crippen molar-refractivity contribution in [1.29, 1.82) is 0 Å². The molecule has 2 heteroatoms. The second kappa shape index (κ2) is 6.21. The van der Waals surface area contributed by atoms with Crippen LogP contribution in [0.1, 0.15) is 44.2 Å². The van der Waals surface area contributed by atoms with Crippen LogP contribution >= 0.6 is 15.9 Å². The molecule has 0 aliphatic heterocycles. The number of halogens is 1. The first kappa shape index (κ1) is 14.1. The maximum atomic E-state index is 3.75. The van der Waals surface area contributed by atoms with Gasteiger partial charge in [0.05, 0.1) is 0 Å². The smallest absolute Gasteiger partial charge is 0.0222 e. The van der Waals surface area contributed by atoms with Crippen LogP contribution in [0.2, 0.25) is 0 Å². The van der Waals surface area contributed by atoms with Crippen LogP contribution in [0, 0.1) is 18.8 Å². The number of aryl methyl sites for hydroxylation is 1. The van der Waals surface area contributed by atoms with Crippen molar-refractivity contribution in [3.63, 3.8) is 0 Å². The predicted octanol–water partition coefficient (Wildman–Crippen LogP) is 4.67. The average Bonchev–Trinajstić information content (AvgIpc) is 2.33. The standard InChI is InChI=1S/C16H24BrN/c1-11-7-8-14(15(17)9-11)10-18-16-6-4-5-12(2)13(16)3/h7-9,12-13,16,18H,4-6,10H2,1-3H3. The van der Waals surface area contributed by atoms with E-state index in [9.17, 15) is 0 Å². The third kappa shape index (κ3) is 3.36. The Morgan fingerprint density at radius 2 is 2.06 bits per heavy atom. The normalized spacial score (nSPS) is 28.3. The molecule has 3 unspecified atom stereocenters. The molecule has 1 N–H and O–H groups in total. The van der Waals surface area contributed by atoms with Gasteiger partial charge in [0, 0.05) is 17.1 Å². The Labute approximate surface area is 119 Å². The first-order valence-electron chi connectivity index (χ1n) is 7.06. The van der Waals surface area contributed by atoms with Crippen molar-refractivity contribution in [1.82, 2.24) is 5.32 Å². The Morgan fingerprint density at radius 1 is 1.28 bits per heavy atom. The van der Waals surface area contributed by atoms with Gasteiger partial charge >= 0.3 is 0 Å². The molecule has 1 aliphatic carbocycles. The SMILES string of the molecule is Cc1ccc(CNC2CCCC(C)C2C)c(Br)c1. The summed E-state index contributed by atoms with van der Waals surface area (Å²) in [6, 6.07) is 7.30. The summed E-state index contributed by atoms with van der Waals surface area (Å²) in [5.74, 6) is 1.65. The summed E-state index contributed by atoms with van der Waals surface area (Å²) in [6.45, 7) is 7.89. The second-order valence-electron chi connectivity index (χ2n) is 5.85. The molecule has 100 valence electrons. The first-order chi connectivity index (χ1) is 8.58. The maximum Gasteiger partial charge on any atom is 0.0222 e. The molecule has 1 aliphatic rings. The van der Waals surface area contributed by atoms with Gasteiger partial charge in [-0.05, 0) is 42.4 Å². The minimum atomic E-state index is 0.682. The molecule has 1 nitrogen and oxygen atoms in total. The third-order valence-corrected chi connectivity index (χ3v) is 5.21. The summed E-state index contributed by atoms with van der Waals surface area (Å²) in [5.41, 5.74) is 2.68. The zero-order valence-electron chi connectivity index (χ0n) is 11.7. The molecule has 1 aromatic rings. The molecular formula is C16H24BrN. The van der Waals surface area contributed by atoms with Gasteiger partial charge in [0.1, 0.15) is 0 Å². The summed E-state index contributed by atoms with van der Waals surface area (Å²) in [7, 11) is 0. The van der Waals surface area contributed by atoms with Crippen LogP contribution in [-0.2, 0) is 6.54 Å². The van der Waals surface area contributed by atoms with Crippen molar-refractivity contribution in [2.45, 2.75) is 52.6 Å². The fourth-order valence-electron chi connectivity index (χ4n) is 2.91. The molecule has 0 saturated heterocycles. The van der Waals surface area contributed by atoms with Gasteiger partial charge in [0.25, 0.3) is 0 Å². The fourth-order valence-corrected chi connectivity index (χ4v) is 3.54. The molecule has 18 heavy (non-hydrogen) atoms. The summed E-state index contributed by atoms with van der Waals surface area (Å²) in [4.78, 5) is 0. The first-order valence-corrected chi connectivity index (χ1v) is 7.85. The largest absolute Gasteiger partial charge is 0.310 e. The van der Waals surface area contributed by atoms with Gasteiger partial charge < -0.3 is 5.32 Å². The summed E-state index contributed by atoms with van der Waals surface area (Å²) in [6.07, 6.45) is 4.10. The third-order valence-electron chi connectivity index (χ3n) is 4.47. The summed E-state index contributed by atoms with van der Waals surface area (Å²) >= 11 is 3.66. The van der Waals surface area contributed by atoms with Crippen LogP contribution in [0.25, 0.3) is 0 Å². The van der Waals surface area contributed by atoms with Crippen LogP contribution in [0.15, 0.2) is 22.7 Å². The van der Waals surface area contributed by atoms with Crippen molar-refractivity contribution < 1.29 is 0 Å². The van der Waals surface area contributed by atoms with Crippen molar-refractivity contribution >= 4 is 15.9 Å². The lowest BCUT2D eigenvalue weighted by Gasteiger charge is -2.35. The van der Waals surface area contributed by atoms with Gasteiger partial charge in [-0.2, -0.15) is 0 Å². The number of nitrogens with one attached hydrogen (secondary N) is 1. The zero-order valence-corrected chi connectivity index (χ0v) is 13.3. The van der Waals surface area contributed by atoms with Crippen LogP contribution < -0.4 is 5.32 Å². The van der Waals surface area contributed by atoms with E-state index in [2.05, 4.69) is 60.2 Å². The molecular weight excluding hydrogens is 286 g/mol. The zero-order chi connectivity index (χ0) is 13.1. The molecule has 0 bridgehead atoms. The molecule has 2 rings (SSSR count). The van der Waals surface area contributed by atoms with Crippen molar-refractivity contribution in [3.05, 3.63) is 33.8 Å². The number of hydrogen-bond acceptors (Lipinski definition) is 1. The van der Waals surface area contributed by atoms with Gasteiger partial charge in [-0.25, -0.2) is 0 Å². The average molecular weight is 310 g/mol. The molecule has 3 atom stereocenters. The topological polar surface area (TPSA) is 12.0 Å². The van der Waals surface area contributed by atoms with Crippen LogP contribution in [0.3, 0.4) is 0 Å². The Balaban J connectivity index is 1.94. The highest BCUT2D eigenvalue weighted by Crippen LogP contribution is 2.30. The van der Waals surface area contributed by atoms with E-state index < -0.39 is 0 Å². The number of rotatable bonds is 3. The number of hydrogen-bond donors (Lipinski definition) is 1. The fraction of sp³-hybridized carbons (Fsp3) is 0.625. The van der Waals surface area contributed by atoms with Crippen LogP contribution in [0.4, 0.5) is 0 Å². The Bertz CT molecular complexity index is 402. The Kier molecular flexibility index (Phi) is 4.85. The van der Waals surface area contributed by atoms with E-state index in [0.717, 1.165) is 18.4 Å². The molecule has 1 saturated carbocycles. The van der Waals surface area contributed by atoms with Gasteiger partial charge in [0.15, 0.2) is 0 Å². The van der Waals surface area contributed by atoms with Crippen LogP contribution in [0.5, 0.6) is 0 Å². The lowest BCUT2D eigenvalue weighted by atomic mass is 9.78. The second-order valence-corrected chi connectivity index (χ2v) is 6.70. The van der Waals surface area contributed by atoms with Gasteiger partial charge in [-0.3, -0.25) is 0 Å². The molecule has 0 spiro atoms. The summed E-state index contributed by atoms with van der Waals surface area (Å²) in [5, 5.41) is 3.75. The Morgan fingerprint density at radius 3 is 2.78 bits per heavy atom. The van der Waals surface area contributed by atoms with Crippen molar-refractivity contribution in [2.75, 3.05) is 0 Å². The quantitative estimate of drug-likeness (QED) is 0.855. The Hall–Kier alpha value is -0.340. The molecule has 1 fully saturated rings. The highest BCUT2D eigenvalue weighted by atomic mass is 79.9. The molecule has 0 heterocycles. The van der Waals surface area contributed by atoms with Gasteiger partial charge in [0.2, 0.25) is 0 Å². The lowest BCUT2D eigenvalue weighted by Crippen LogP contribution is -2.40. The van der Waals surface area contributed by atoms with E-state index in [1.54, 1.807) is 0 Å². The number of benzene rings is 1. The molecule has 0 aromatic heterocycles. The van der Waals surface area contributed by atoms with Gasteiger partial charge in [-0.15, -0.1) is 0 Å². The minimum Gasteiger partial charge on any atom is -0.310 e. The van der Waals surface area contributed by atoms with E-state index in [0.29, 0.717) is 6.04 Å². The minimum absolute atomic E-state index is 0.682. The van der Waals surface area contributed by atoms with Crippen LogP contribution in [-0.4, -0.2) is 6.04 Å². The highest BCUT2D eigenvalue weighted by Gasteiger charge is 2.26. The molecule has 0 amide bonds. The van der Waals surface area contributed by atoms with Crippen molar-refractivity contribution in [3.8, 4) is 0 Å². The van der Waals surface area contributed by atoms with E-state index in [4.69, 9.17) is 0 Å². The van der Waals surface area contributed by atoms with E-state index >= 15 is 0 Å². The summed E-state index contributed by atoms with van der Waals surface area (Å²) < 4.78 is 1.23. The molecule has 1 aromatic carbocycles. The van der Waals surface area contributed by atoms with E-state index in [1.807, 2.05) is 0 Å². The lowest BCUT2D eigenvalue weighted by molar-refractivity contribution is 0.206. The van der Waals surface area contributed by atoms with Crippen molar-refractivity contribution in [2.24, 2.45) is 11.8 Å². The molecule has 0 radical (unpaired) electrons. The van der Waals surface area contributed by atoms with E-state index in [1.165, 1.54) is 34.9 Å². The van der Waals surface area contributed by atoms with Gasteiger partial charge in [-0.1, -0.05) is 54.8 Å².